The van der Waals surface area contributed by atoms with E-state index in [0.717, 1.165) is 0 Å². The molecule has 1 unspecified atom stereocenters. The van der Waals surface area contributed by atoms with Gasteiger partial charge in [-0.25, -0.2) is 4.39 Å². The number of ether oxygens (including phenoxy) is 3. The van der Waals surface area contributed by atoms with Gasteiger partial charge >= 0.3 is 6.18 Å². The highest BCUT2D eigenvalue weighted by Crippen LogP contribution is 2.38. The predicted molar refractivity (Wildman–Crippen MR) is 114 cm³/mol. The van der Waals surface area contributed by atoms with Crippen LogP contribution in [0.5, 0.6) is 17.2 Å². The molecule has 0 aliphatic carbocycles. The highest BCUT2D eigenvalue weighted by Gasteiger charge is 2.41. The zero-order valence-electron chi connectivity index (χ0n) is 17.2. The average molecular weight is 469 g/mol. The summed E-state index contributed by atoms with van der Waals surface area (Å²) in [6.07, 6.45) is -4.54. The molecule has 0 fully saturated rings. The first-order valence-electron chi connectivity index (χ1n) is 9.86. The summed E-state index contributed by atoms with van der Waals surface area (Å²) in [6.45, 7) is 1.32. The van der Waals surface area contributed by atoms with Crippen LogP contribution in [0.3, 0.4) is 0 Å². The Labute approximate surface area is 188 Å². The lowest BCUT2D eigenvalue weighted by atomic mass is 9.99. The number of para-hydroxylation sites is 1. The quantitative estimate of drug-likeness (QED) is 0.304. The molecule has 0 aliphatic rings. The van der Waals surface area contributed by atoms with E-state index in [4.69, 9.17) is 25.8 Å². The number of rotatable bonds is 9. The molecule has 1 atom stereocenters. The van der Waals surface area contributed by atoms with Crippen LogP contribution in [-0.4, -0.2) is 19.4 Å². The smallest absolute Gasteiger partial charge is 0.397 e. The lowest BCUT2D eigenvalue weighted by molar-refractivity contribution is -0.163. The molecular formula is C24H21ClF4O3. The number of halogens is 5. The maximum absolute atomic E-state index is 14.1. The van der Waals surface area contributed by atoms with E-state index in [0.29, 0.717) is 23.7 Å². The molecule has 3 nitrogen and oxygen atoms in total. The molecular weight excluding hydrogens is 448 g/mol. The van der Waals surface area contributed by atoms with Gasteiger partial charge in [0.2, 0.25) is 0 Å². The van der Waals surface area contributed by atoms with Crippen LogP contribution in [0.1, 0.15) is 24.0 Å². The molecule has 170 valence electrons. The second kappa shape index (κ2) is 10.7. The molecule has 0 radical (unpaired) electrons. The minimum Gasteiger partial charge on any atom is -0.492 e. The van der Waals surface area contributed by atoms with Gasteiger partial charge in [0.1, 0.15) is 17.4 Å². The molecule has 8 heteroatoms. The largest absolute Gasteiger partial charge is 0.492 e. The summed E-state index contributed by atoms with van der Waals surface area (Å²) >= 11 is 6.05. The van der Waals surface area contributed by atoms with Gasteiger partial charge in [-0.1, -0.05) is 41.9 Å². The molecule has 32 heavy (non-hydrogen) atoms. The van der Waals surface area contributed by atoms with Gasteiger partial charge < -0.3 is 14.2 Å². The molecule has 0 bridgehead atoms. The molecule has 3 aromatic carbocycles. The molecule has 0 amide bonds. The minimum absolute atomic E-state index is 0.0295. The Morgan fingerprint density at radius 2 is 1.69 bits per heavy atom. The summed E-state index contributed by atoms with van der Waals surface area (Å²) in [7, 11) is 0. The van der Waals surface area contributed by atoms with E-state index in [1.54, 1.807) is 37.3 Å². The van der Waals surface area contributed by atoms with E-state index >= 15 is 0 Å². The van der Waals surface area contributed by atoms with Crippen LogP contribution in [0.25, 0.3) is 0 Å². The van der Waals surface area contributed by atoms with Crippen molar-refractivity contribution in [2.75, 3.05) is 13.2 Å². The molecule has 0 spiro atoms. The first-order chi connectivity index (χ1) is 15.3. The van der Waals surface area contributed by atoms with E-state index in [9.17, 15) is 17.6 Å². The van der Waals surface area contributed by atoms with Gasteiger partial charge in [0.15, 0.2) is 11.6 Å². The molecule has 3 aromatic rings. The van der Waals surface area contributed by atoms with Gasteiger partial charge in [-0.3, -0.25) is 0 Å². The summed E-state index contributed by atoms with van der Waals surface area (Å²) in [5, 5.41) is 0.0971. The summed E-state index contributed by atoms with van der Waals surface area (Å²) in [6, 6.07) is 16.6. The van der Waals surface area contributed by atoms with Crippen molar-refractivity contribution in [3.05, 3.63) is 88.7 Å². The Morgan fingerprint density at radius 1 is 0.938 bits per heavy atom. The van der Waals surface area contributed by atoms with Crippen LogP contribution in [0, 0.1) is 5.82 Å². The molecule has 0 aliphatic heterocycles. The van der Waals surface area contributed by atoms with Crippen LogP contribution in [0.2, 0.25) is 5.02 Å². The fraction of sp³-hybridized carbons (Fsp3) is 0.250. The van der Waals surface area contributed by atoms with Crippen molar-refractivity contribution >= 4 is 11.6 Å². The summed E-state index contributed by atoms with van der Waals surface area (Å²) in [5.41, 5.74) is 0.446. The van der Waals surface area contributed by atoms with Gasteiger partial charge in [-0.15, -0.1) is 0 Å². The summed E-state index contributed by atoms with van der Waals surface area (Å²) in [5.74, 6) is -1.75. The number of benzene rings is 3. The monoisotopic (exact) mass is 468 g/mol. The van der Waals surface area contributed by atoms with Gasteiger partial charge in [0.05, 0.1) is 24.8 Å². The van der Waals surface area contributed by atoms with E-state index < -0.39 is 24.5 Å². The van der Waals surface area contributed by atoms with Gasteiger partial charge in [0, 0.05) is 0 Å². The van der Waals surface area contributed by atoms with E-state index in [1.165, 1.54) is 36.4 Å². The summed E-state index contributed by atoms with van der Waals surface area (Å²) < 4.78 is 71.1. The normalized spacial score (nSPS) is 12.4. The number of alkyl halides is 3. The molecule has 0 N–H and O–H groups in total. The van der Waals surface area contributed by atoms with Crippen LogP contribution in [-0.2, 0) is 11.3 Å². The fourth-order valence-electron chi connectivity index (χ4n) is 3.01. The number of hydrogen-bond donors (Lipinski definition) is 0. The van der Waals surface area contributed by atoms with Crippen LogP contribution in [0.4, 0.5) is 17.6 Å². The van der Waals surface area contributed by atoms with Crippen molar-refractivity contribution in [3.8, 4) is 17.2 Å². The second-order valence-electron chi connectivity index (χ2n) is 6.91. The Balaban J connectivity index is 1.69. The van der Waals surface area contributed by atoms with E-state index in [1.807, 2.05) is 0 Å². The van der Waals surface area contributed by atoms with Crippen LogP contribution >= 0.6 is 11.6 Å². The standard InChI is InChI=1S/C24H21ClF4O3/c1-2-31-22-11-9-17(13-20(22)25)19(24(27,28)29)15-30-14-16-8-10-21(26)23(12-16)32-18-6-4-3-5-7-18/h3-13,19H,2,14-15H2,1H3. The lowest BCUT2D eigenvalue weighted by Gasteiger charge is -2.21. The maximum Gasteiger partial charge on any atom is 0.397 e. The van der Waals surface area contributed by atoms with Gasteiger partial charge in [0.25, 0.3) is 0 Å². The molecule has 0 saturated heterocycles. The Kier molecular flexibility index (Phi) is 7.99. The Morgan fingerprint density at radius 3 is 2.34 bits per heavy atom. The topological polar surface area (TPSA) is 27.7 Å². The fourth-order valence-corrected chi connectivity index (χ4v) is 3.26. The minimum atomic E-state index is -4.54. The van der Waals surface area contributed by atoms with Gasteiger partial charge in [-0.05, 0) is 54.4 Å². The average Bonchev–Trinajstić information content (AvgIpc) is 2.75. The zero-order valence-corrected chi connectivity index (χ0v) is 17.9. The van der Waals surface area contributed by atoms with Crippen molar-refractivity contribution in [2.24, 2.45) is 0 Å². The Bertz CT molecular complexity index is 1030. The first kappa shape index (κ1) is 23.9. The third-order valence-electron chi connectivity index (χ3n) is 4.57. The third-order valence-corrected chi connectivity index (χ3v) is 4.87. The van der Waals surface area contributed by atoms with Crippen molar-refractivity contribution in [2.45, 2.75) is 25.6 Å². The van der Waals surface area contributed by atoms with E-state index in [2.05, 4.69) is 0 Å². The van der Waals surface area contributed by atoms with Crippen molar-refractivity contribution in [1.29, 1.82) is 0 Å². The van der Waals surface area contributed by atoms with Crippen LogP contribution in [0.15, 0.2) is 66.7 Å². The first-order valence-corrected chi connectivity index (χ1v) is 10.2. The molecule has 0 saturated carbocycles. The number of hydrogen-bond acceptors (Lipinski definition) is 3. The van der Waals surface area contributed by atoms with E-state index in [-0.39, 0.29) is 22.9 Å². The predicted octanol–water partition coefficient (Wildman–Crippen LogP) is 7.53. The third kappa shape index (κ3) is 6.37. The molecule has 0 aromatic heterocycles. The van der Waals surface area contributed by atoms with Crippen LogP contribution < -0.4 is 9.47 Å². The van der Waals surface area contributed by atoms with Crippen molar-refractivity contribution < 1.29 is 31.8 Å². The lowest BCUT2D eigenvalue weighted by Crippen LogP contribution is -2.25. The highest BCUT2D eigenvalue weighted by molar-refractivity contribution is 6.32. The SMILES string of the molecule is CCOc1ccc(C(COCc2ccc(F)c(Oc3ccccc3)c2)C(F)(F)F)cc1Cl. The summed E-state index contributed by atoms with van der Waals surface area (Å²) in [4.78, 5) is 0. The highest BCUT2D eigenvalue weighted by atomic mass is 35.5. The van der Waals surface area contributed by atoms with Gasteiger partial charge in [-0.2, -0.15) is 13.2 Å². The molecule has 0 heterocycles. The van der Waals surface area contributed by atoms with Crippen molar-refractivity contribution in [3.63, 3.8) is 0 Å². The molecule has 3 rings (SSSR count). The maximum atomic E-state index is 14.1. The second-order valence-corrected chi connectivity index (χ2v) is 7.32. The zero-order chi connectivity index (χ0) is 23.1. The van der Waals surface area contributed by atoms with Crippen molar-refractivity contribution in [1.82, 2.24) is 0 Å². The Hall–Kier alpha value is -2.77.